The Labute approximate surface area is 139 Å². The molecule has 0 spiro atoms. The molecule has 126 valence electrons. The van der Waals surface area contributed by atoms with Gasteiger partial charge in [0.1, 0.15) is 5.65 Å². The zero-order valence-electron chi connectivity index (χ0n) is 13.5. The molecule has 0 radical (unpaired) electrons. The van der Waals surface area contributed by atoms with Gasteiger partial charge in [-0.25, -0.2) is 9.71 Å². The molecule has 1 amide bonds. The van der Waals surface area contributed by atoms with Crippen molar-refractivity contribution in [1.29, 1.82) is 0 Å². The van der Waals surface area contributed by atoms with E-state index in [2.05, 4.69) is 14.8 Å². The van der Waals surface area contributed by atoms with Crippen LogP contribution in [0.3, 0.4) is 0 Å². The van der Waals surface area contributed by atoms with E-state index < -0.39 is 15.9 Å². The van der Waals surface area contributed by atoms with Crippen molar-refractivity contribution in [1.82, 2.24) is 23.9 Å². The number of fused-ring (bicyclic) bond motifs is 1. The number of sulfonamides is 1. The first-order valence-electron chi connectivity index (χ1n) is 7.25. The molecule has 3 rings (SSSR count). The Morgan fingerprint density at radius 2 is 2.00 bits per heavy atom. The second-order valence-corrected chi connectivity index (χ2v) is 7.19. The third-order valence-corrected chi connectivity index (χ3v) is 5.30. The van der Waals surface area contributed by atoms with Crippen LogP contribution in [0.15, 0.2) is 35.7 Å². The standard InChI is InChI=1S/C15H17N5O3S/c1-10-5-4-6-20-12(9-16-14(10)20)7-13(21)18-24(22,23)15-11(2)8-17-19(15)3/h4-6,8-9H,7H2,1-3H3,(H,18,21). The number of pyridine rings is 1. The normalized spacial score (nSPS) is 11.8. The molecule has 0 aliphatic heterocycles. The molecule has 3 aromatic rings. The lowest BCUT2D eigenvalue weighted by Crippen LogP contribution is -2.33. The smallest absolute Gasteiger partial charge is 0.281 e. The van der Waals surface area contributed by atoms with Crippen LogP contribution in [0.5, 0.6) is 0 Å². The molecule has 0 saturated carbocycles. The second-order valence-electron chi connectivity index (χ2n) is 5.60. The van der Waals surface area contributed by atoms with Crippen LogP contribution in [-0.2, 0) is 28.3 Å². The third-order valence-electron chi connectivity index (χ3n) is 3.71. The highest BCUT2D eigenvalue weighted by molar-refractivity contribution is 7.90. The maximum absolute atomic E-state index is 12.4. The van der Waals surface area contributed by atoms with E-state index in [1.807, 2.05) is 19.1 Å². The van der Waals surface area contributed by atoms with Gasteiger partial charge in [-0.3, -0.25) is 9.48 Å². The summed E-state index contributed by atoms with van der Waals surface area (Å²) in [6.07, 6.45) is 4.70. The molecule has 1 N–H and O–H groups in total. The second kappa shape index (κ2) is 5.75. The van der Waals surface area contributed by atoms with Crippen LogP contribution in [-0.4, -0.2) is 33.5 Å². The molecular weight excluding hydrogens is 330 g/mol. The lowest BCUT2D eigenvalue weighted by Gasteiger charge is -2.08. The molecule has 3 aromatic heterocycles. The Balaban J connectivity index is 1.84. The molecule has 0 aliphatic rings. The van der Waals surface area contributed by atoms with Gasteiger partial charge in [0.2, 0.25) is 5.91 Å². The first-order chi connectivity index (χ1) is 11.3. The van der Waals surface area contributed by atoms with E-state index in [4.69, 9.17) is 0 Å². The van der Waals surface area contributed by atoms with Crippen molar-refractivity contribution in [2.75, 3.05) is 0 Å². The highest BCUT2D eigenvalue weighted by Crippen LogP contribution is 2.14. The van der Waals surface area contributed by atoms with Crippen molar-refractivity contribution < 1.29 is 13.2 Å². The van der Waals surface area contributed by atoms with Gasteiger partial charge in [0, 0.05) is 25.0 Å². The predicted octanol–water partition coefficient (Wildman–Crippen LogP) is 0.732. The van der Waals surface area contributed by atoms with Crippen molar-refractivity contribution in [2.24, 2.45) is 7.05 Å². The summed E-state index contributed by atoms with van der Waals surface area (Å²) in [4.78, 5) is 16.5. The number of aryl methyl sites for hydroxylation is 3. The van der Waals surface area contributed by atoms with Crippen LogP contribution in [0.1, 0.15) is 16.8 Å². The first kappa shape index (κ1) is 16.2. The largest absolute Gasteiger partial charge is 0.303 e. The van der Waals surface area contributed by atoms with Crippen molar-refractivity contribution in [2.45, 2.75) is 25.3 Å². The number of hydrogen-bond donors (Lipinski definition) is 1. The number of rotatable bonds is 4. The molecule has 0 unspecified atom stereocenters. The fraction of sp³-hybridized carbons (Fsp3) is 0.267. The number of nitrogens with one attached hydrogen (secondary N) is 1. The van der Waals surface area contributed by atoms with E-state index in [1.54, 1.807) is 23.7 Å². The van der Waals surface area contributed by atoms with E-state index in [0.29, 0.717) is 11.3 Å². The van der Waals surface area contributed by atoms with E-state index in [0.717, 1.165) is 11.2 Å². The lowest BCUT2D eigenvalue weighted by atomic mass is 10.3. The zero-order chi connectivity index (χ0) is 17.5. The van der Waals surface area contributed by atoms with Gasteiger partial charge in [0.05, 0.1) is 18.3 Å². The SMILES string of the molecule is Cc1cnn(C)c1S(=O)(=O)NC(=O)Cc1cnc2c(C)cccn12. The maximum Gasteiger partial charge on any atom is 0.281 e. The quantitative estimate of drug-likeness (QED) is 0.750. The molecule has 0 aromatic carbocycles. The molecule has 0 fully saturated rings. The number of imidazole rings is 1. The number of hydrogen-bond acceptors (Lipinski definition) is 5. The van der Waals surface area contributed by atoms with E-state index in [1.165, 1.54) is 17.9 Å². The Morgan fingerprint density at radius 1 is 1.25 bits per heavy atom. The molecule has 24 heavy (non-hydrogen) atoms. The van der Waals surface area contributed by atoms with Crippen LogP contribution in [0, 0.1) is 13.8 Å². The van der Waals surface area contributed by atoms with Crippen LogP contribution < -0.4 is 4.72 Å². The predicted molar refractivity (Wildman–Crippen MR) is 86.9 cm³/mol. The van der Waals surface area contributed by atoms with Gasteiger partial charge in [-0.05, 0) is 25.5 Å². The number of nitrogens with zero attached hydrogens (tertiary/aromatic N) is 4. The fourth-order valence-electron chi connectivity index (χ4n) is 2.65. The summed E-state index contributed by atoms with van der Waals surface area (Å²) in [6.45, 7) is 3.54. The summed E-state index contributed by atoms with van der Waals surface area (Å²) < 4.78 is 29.8. The van der Waals surface area contributed by atoms with Crippen molar-refractivity contribution in [3.63, 3.8) is 0 Å². The molecule has 0 bridgehead atoms. The Hall–Kier alpha value is -2.68. The average Bonchev–Trinajstić information content (AvgIpc) is 3.03. The van der Waals surface area contributed by atoms with E-state index >= 15 is 0 Å². The minimum atomic E-state index is -3.97. The third kappa shape index (κ3) is 2.78. The van der Waals surface area contributed by atoms with Crippen molar-refractivity contribution in [3.05, 3.63) is 47.5 Å². The van der Waals surface area contributed by atoms with Crippen molar-refractivity contribution >= 4 is 21.6 Å². The minimum Gasteiger partial charge on any atom is -0.303 e. The van der Waals surface area contributed by atoms with Gasteiger partial charge >= 0.3 is 0 Å². The number of amides is 1. The Morgan fingerprint density at radius 3 is 2.67 bits per heavy atom. The summed E-state index contributed by atoms with van der Waals surface area (Å²) >= 11 is 0. The van der Waals surface area contributed by atoms with Gasteiger partial charge < -0.3 is 4.40 Å². The summed E-state index contributed by atoms with van der Waals surface area (Å²) in [5, 5.41) is 3.86. The van der Waals surface area contributed by atoms with Crippen molar-refractivity contribution in [3.8, 4) is 0 Å². The topological polar surface area (TPSA) is 98.4 Å². The highest BCUT2D eigenvalue weighted by Gasteiger charge is 2.24. The van der Waals surface area contributed by atoms with Crippen LogP contribution in [0.2, 0.25) is 0 Å². The van der Waals surface area contributed by atoms with Gasteiger partial charge in [0.25, 0.3) is 10.0 Å². The van der Waals surface area contributed by atoms with Crippen LogP contribution >= 0.6 is 0 Å². The summed E-state index contributed by atoms with van der Waals surface area (Å²) in [6, 6.07) is 3.77. The molecule has 0 atom stereocenters. The fourth-order valence-corrected chi connectivity index (χ4v) is 3.99. The van der Waals surface area contributed by atoms with Gasteiger partial charge in [0.15, 0.2) is 5.03 Å². The number of aromatic nitrogens is 4. The van der Waals surface area contributed by atoms with Gasteiger partial charge in [-0.2, -0.15) is 13.5 Å². The van der Waals surface area contributed by atoms with Crippen LogP contribution in [0.4, 0.5) is 0 Å². The lowest BCUT2D eigenvalue weighted by molar-refractivity contribution is -0.118. The molecule has 8 nitrogen and oxygen atoms in total. The first-order valence-corrected chi connectivity index (χ1v) is 8.73. The number of carbonyl (C=O) groups is 1. The zero-order valence-corrected chi connectivity index (χ0v) is 14.3. The molecular formula is C15H17N5O3S. The monoisotopic (exact) mass is 347 g/mol. The number of carbonyl (C=O) groups excluding carboxylic acids is 1. The van der Waals surface area contributed by atoms with E-state index in [-0.39, 0.29) is 11.4 Å². The van der Waals surface area contributed by atoms with Crippen LogP contribution in [0.25, 0.3) is 5.65 Å². The molecule has 3 heterocycles. The highest BCUT2D eigenvalue weighted by atomic mass is 32.2. The molecule has 0 saturated heterocycles. The van der Waals surface area contributed by atoms with Gasteiger partial charge in [-0.15, -0.1) is 0 Å². The van der Waals surface area contributed by atoms with Gasteiger partial charge in [-0.1, -0.05) is 6.07 Å². The maximum atomic E-state index is 12.4. The van der Waals surface area contributed by atoms with E-state index in [9.17, 15) is 13.2 Å². The Kier molecular flexibility index (Phi) is 3.88. The summed E-state index contributed by atoms with van der Waals surface area (Å²) in [5.74, 6) is -0.626. The minimum absolute atomic E-state index is 0.0233. The molecule has 0 aliphatic carbocycles. The average molecular weight is 347 g/mol. The summed E-state index contributed by atoms with van der Waals surface area (Å²) in [7, 11) is -2.46. The summed E-state index contributed by atoms with van der Waals surface area (Å²) in [5.41, 5.74) is 2.80. The molecule has 9 heteroatoms. The Bertz CT molecular complexity index is 1010.